The van der Waals surface area contributed by atoms with Gasteiger partial charge < -0.3 is 10.2 Å². The summed E-state index contributed by atoms with van der Waals surface area (Å²) in [6.07, 6.45) is 5.62. The minimum Gasteiger partial charge on any atom is -0.337 e. The third kappa shape index (κ3) is 3.24. The van der Waals surface area contributed by atoms with E-state index in [0.29, 0.717) is 11.7 Å². The molecule has 0 atom stereocenters. The molecule has 0 radical (unpaired) electrons. The van der Waals surface area contributed by atoms with Crippen LogP contribution in [0.1, 0.15) is 54.4 Å². The summed E-state index contributed by atoms with van der Waals surface area (Å²) in [7, 11) is 1.93. The lowest BCUT2D eigenvalue weighted by Crippen LogP contribution is -2.40. The van der Waals surface area contributed by atoms with Crippen molar-refractivity contribution in [3.63, 3.8) is 0 Å². The van der Waals surface area contributed by atoms with E-state index in [1.165, 1.54) is 12.8 Å². The molecule has 0 unspecified atom stereocenters. The Morgan fingerprint density at radius 3 is 2.71 bits per heavy atom. The number of hydrogen-bond acceptors (Lipinski definition) is 3. The molecule has 21 heavy (non-hydrogen) atoms. The summed E-state index contributed by atoms with van der Waals surface area (Å²) in [6.45, 7) is 4.01. The van der Waals surface area contributed by atoms with E-state index in [1.807, 2.05) is 11.9 Å². The summed E-state index contributed by atoms with van der Waals surface area (Å²) in [5, 5.41) is 10.6. The van der Waals surface area contributed by atoms with Crippen LogP contribution in [0.15, 0.2) is 0 Å². The molecular formula is C15H25ClN4O. The standard InChI is InChI=1S/C15H24N4O.ClH/c1-10-3-5-11(6-4-10)19(2)15(20)14-12-9-16-8-7-13(12)17-18-14;/h10-11,16H,3-9H2,1-2H3,(H,17,18);1H. The van der Waals surface area contributed by atoms with Gasteiger partial charge in [-0.05, 0) is 31.6 Å². The number of rotatable bonds is 2. The van der Waals surface area contributed by atoms with E-state index in [2.05, 4.69) is 22.4 Å². The van der Waals surface area contributed by atoms with Crippen LogP contribution in [-0.4, -0.2) is 40.6 Å². The molecule has 0 aromatic carbocycles. The Balaban J connectivity index is 0.00000161. The van der Waals surface area contributed by atoms with Gasteiger partial charge in [-0.1, -0.05) is 6.92 Å². The zero-order chi connectivity index (χ0) is 14.1. The van der Waals surface area contributed by atoms with E-state index in [-0.39, 0.29) is 18.3 Å². The first-order valence-electron chi connectivity index (χ1n) is 7.70. The topological polar surface area (TPSA) is 61.0 Å². The van der Waals surface area contributed by atoms with Gasteiger partial charge in [0.15, 0.2) is 5.69 Å². The molecule has 1 amide bonds. The molecule has 2 N–H and O–H groups in total. The zero-order valence-corrected chi connectivity index (χ0v) is 13.6. The second-order valence-electron chi connectivity index (χ2n) is 6.29. The van der Waals surface area contributed by atoms with Gasteiger partial charge in [-0.15, -0.1) is 12.4 Å². The number of nitrogens with zero attached hydrogens (tertiary/aromatic N) is 2. The largest absolute Gasteiger partial charge is 0.337 e. The van der Waals surface area contributed by atoms with Crippen molar-refractivity contribution in [3.05, 3.63) is 17.0 Å². The van der Waals surface area contributed by atoms with Crippen molar-refractivity contribution < 1.29 is 4.79 Å². The van der Waals surface area contributed by atoms with E-state index in [9.17, 15) is 4.79 Å². The van der Waals surface area contributed by atoms with Gasteiger partial charge >= 0.3 is 0 Å². The number of aromatic nitrogens is 2. The minimum atomic E-state index is 0. The predicted octanol–water partition coefficient (Wildman–Crippen LogP) is 2.13. The summed E-state index contributed by atoms with van der Waals surface area (Å²) < 4.78 is 0. The average molecular weight is 313 g/mol. The number of hydrogen-bond donors (Lipinski definition) is 2. The average Bonchev–Trinajstić information content (AvgIpc) is 2.90. The summed E-state index contributed by atoms with van der Waals surface area (Å²) >= 11 is 0. The minimum absolute atomic E-state index is 0. The van der Waals surface area contributed by atoms with Crippen LogP contribution >= 0.6 is 12.4 Å². The molecular weight excluding hydrogens is 288 g/mol. The summed E-state index contributed by atoms with van der Waals surface area (Å²) in [5.74, 6) is 0.878. The van der Waals surface area contributed by atoms with Crippen molar-refractivity contribution >= 4 is 18.3 Å². The van der Waals surface area contributed by atoms with Gasteiger partial charge in [0.1, 0.15) is 0 Å². The second kappa shape index (κ2) is 6.79. The van der Waals surface area contributed by atoms with Gasteiger partial charge in [-0.2, -0.15) is 5.10 Å². The van der Waals surface area contributed by atoms with Crippen LogP contribution in [-0.2, 0) is 13.0 Å². The van der Waals surface area contributed by atoms with Gasteiger partial charge in [0.05, 0.1) is 0 Å². The molecule has 2 heterocycles. The quantitative estimate of drug-likeness (QED) is 0.879. The van der Waals surface area contributed by atoms with Gasteiger partial charge in [0.2, 0.25) is 0 Å². The Bertz CT molecular complexity index is 494. The highest BCUT2D eigenvalue weighted by Gasteiger charge is 2.29. The smallest absolute Gasteiger partial charge is 0.274 e. The third-order valence-electron chi connectivity index (χ3n) is 4.86. The highest BCUT2D eigenvalue weighted by molar-refractivity contribution is 5.94. The summed E-state index contributed by atoms with van der Waals surface area (Å²) in [5.41, 5.74) is 2.81. The van der Waals surface area contributed by atoms with Gasteiger partial charge in [0, 0.05) is 43.9 Å². The summed E-state index contributed by atoms with van der Waals surface area (Å²) in [6, 6.07) is 0.377. The van der Waals surface area contributed by atoms with Crippen LogP contribution in [0.5, 0.6) is 0 Å². The lowest BCUT2D eigenvalue weighted by Gasteiger charge is -2.33. The Labute approximate surface area is 132 Å². The second-order valence-corrected chi connectivity index (χ2v) is 6.29. The molecule has 0 spiro atoms. The highest BCUT2D eigenvalue weighted by Crippen LogP contribution is 2.27. The predicted molar refractivity (Wildman–Crippen MR) is 84.8 cm³/mol. The van der Waals surface area contributed by atoms with Crippen molar-refractivity contribution in [3.8, 4) is 0 Å². The van der Waals surface area contributed by atoms with Crippen molar-refractivity contribution in [1.29, 1.82) is 0 Å². The van der Waals surface area contributed by atoms with E-state index < -0.39 is 0 Å². The van der Waals surface area contributed by atoms with Crippen LogP contribution in [0, 0.1) is 5.92 Å². The number of carbonyl (C=O) groups is 1. The van der Waals surface area contributed by atoms with E-state index >= 15 is 0 Å². The molecule has 1 saturated carbocycles. The maximum Gasteiger partial charge on any atom is 0.274 e. The number of H-pyrrole nitrogens is 1. The van der Waals surface area contributed by atoms with E-state index in [4.69, 9.17) is 0 Å². The normalized spacial score (nSPS) is 24.9. The van der Waals surface area contributed by atoms with Crippen LogP contribution in [0.3, 0.4) is 0 Å². The molecule has 5 nitrogen and oxygen atoms in total. The maximum atomic E-state index is 12.7. The van der Waals surface area contributed by atoms with E-state index in [1.54, 1.807) is 0 Å². The number of fused-ring (bicyclic) bond motifs is 1. The molecule has 1 aliphatic heterocycles. The lowest BCUT2D eigenvalue weighted by molar-refractivity contribution is 0.0672. The molecule has 3 rings (SSSR count). The fourth-order valence-corrected chi connectivity index (χ4v) is 3.36. The van der Waals surface area contributed by atoms with Crippen molar-refractivity contribution in [2.45, 2.75) is 51.6 Å². The molecule has 1 fully saturated rings. The Morgan fingerprint density at radius 1 is 1.29 bits per heavy atom. The molecule has 1 aliphatic carbocycles. The highest BCUT2D eigenvalue weighted by atomic mass is 35.5. The monoisotopic (exact) mass is 312 g/mol. The first-order valence-corrected chi connectivity index (χ1v) is 7.70. The van der Waals surface area contributed by atoms with Crippen molar-refractivity contribution in [2.75, 3.05) is 13.6 Å². The number of halogens is 1. The van der Waals surface area contributed by atoms with Crippen LogP contribution in [0.4, 0.5) is 0 Å². The molecule has 118 valence electrons. The van der Waals surface area contributed by atoms with Crippen LogP contribution in [0.25, 0.3) is 0 Å². The van der Waals surface area contributed by atoms with Crippen molar-refractivity contribution in [1.82, 2.24) is 20.4 Å². The van der Waals surface area contributed by atoms with Crippen LogP contribution in [0.2, 0.25) is 0 Å². The molecule has 0 bridgehead atoms. The molecule has 0 saturated heterocycles. The first kappa shape index (κ1) is 16.3. The number of aromatic amines is 1. The molecule has 1 aromatic heterocycles. The van der Waals surface area contributed by atoms with Gasteiger partial charge in [0.25, 0.3) is 5.91 Å². The van der Waals surface area contributed by atoms with E-state index in [0.717, 1.165) is 49.5 Å². The Hall–Kier alpha value is -1.07. The molecule has 1 aromatic rings. The molecule has 6 heteroatoms. The fraction of sp³-hybridized carbons (Fsp3) is 0.733. The third-order valence-corrected chi connectivity index (χ3v) is 4.86. The zero-order valence-electron chi connectivity index (χ0n) is 12.8. The first-order chi connectivity index (χ1) is 9.66. The van der Waals surface area contributed by atoms with Gasteiger partial charge in [-0.25, -0.2) is 0 Å². The maximum absolute atomic E-state index is 12.7. The Morgan fingerprint density at radius 2 is 2.00 bits per heavy atom. The van der Waals surface area contributed by atoms with Crippen molar-refractivity contribution in [2.24, 2.45) is 5.92 Å². The number of amides is 1. The summed E-state index contributed by atoms with van der Waals surface area (Å²) in [4.78, 5) is 14.6. The SMILES string of the molecule is CC1CCC(N(C)C(=O)c2n[nH]c3c2CNCC3)CC1.Cl. The number of carbonyl (C=O) groups excluding carboxylic acids is 1. The Kier molecular flexibility index (Phi) is 5.27. The molecule has 2 aliphatic rings. The fourth-order valence-electron chi connectivity index (χ4n) is 3.36. The number of nitrogens with one attached hydrogen (secondary N) is 2. The lowest BCUT2D eigenvalue weighted by atomic mass is 9.86. The van der Waals surface area contributed by atoms with Gasteiger partial charge in [-0.3, -0.25) is 9.89 Å². The van der Waals surface area contributed by atoms with Crippen LogP contribution < -0.4 is 5.32 Å².